The lowest BCUT2D eigenvalue weighted by Crippen LogP contribution is -2.36. The van der Waals surface area contributed by atoms with Gasteiger partial charge in [0.05, 0.1) is 18.3 Å². The highest BCUT2D eigenvalue weighted by Gasteiger charge is 2.27. The first-order chi connectivity index (χ1) is 18.8. The first-order valence-electron chi connectivity index (χ1n) is 12.4. The Labute approximate surface area is 223 Å². The molecule has 4 heterocycles. The maximum absolute atomic E-state index is 12.9. The predicted octanol–water partition coefficient (Wildman–Crippen LogP) is 2.25. The number of carbonyl (C=O) groups is 3. The van der Waals surface area contributed by atoms with Gasteiger partial charge in [0.2, 0.25) is 11.8 Å². The van der Waals surface area contributed by atoms with Crippen molar-refractivity contribution in [2.75, 3.05) is 25.6 Å². The number of aromatic nitrogens is 3. The highest BCUT2D eigenvalue weighted by atomic mass is 16.6. The molecule has 0 spiro atoms. The van der Waals surface area contributed by atoms with Gasteiger partial charge in [-0.15, -0.1) is 0 Å². The number of pyridine rings is 3. The highest BCUT2D eigenvalue weighted by molar-refractivity contribution is 6.27. The average molecular weight is 540 g/mol. The summed E-state index contributed by atoms with van der Waals surface area (Å²) in [5.74, 6) is -1.88. The third-order valence-corrected chi connectivity index (χ3v) is 6.36. The van der Waals surface area contributed by atoms with Crippen molar-refractivity contribution < 1.29 is 38.8 Å². The molecule has 0 saturated heterocycles. The molecule has 0 radical (unpaired) electrons. The van der Waals surface area contributed by atoms with E-state index in [2.05, 4.69) is 25.6 Å². The number of aliphatic carboxylic acids is 2. The molecule has 0 unspecified atom stereocenters. The fourth-order valence-corrected chi connectivity index (χ4v) is 4.35. The molecule has 39 heavy (non-hydrogen) atoms. The second-order valence-electron chi connectivity index (χ2n) is 8.95. The normalized spacial score (nSPS) is 17.9. The minimum absolute atomic E-state index is 0.0205. The second kappa shape index (κ2) is 12.8. The largest absolute Gasteiger partial charge is 0.484 e. The number of anilines is 1. The molecular formula is C26H29N5O8. The number of nitrogens with one attached hydrogen (secondary N) is 2. The van der Waals surface area contributed by atoms with Gasteiger partial charge in [-0.2, -0.15) is 0 Å². The molecule has 4 N–H and O–H groups in total. The van der Waals surface area contributed by atoms with Crippen LogP contribution in [0.25, 0.3) is 11.0 Å². The van der Waals surface area contributed by atoms with Gasteiger partial charge in [-0.3, -0.25) is 9.78 Å². The Morgan fingerprint density at radius 3 is 2.49 bits per heavy atom. The Kier molecular flexibility index (Phi) is 9.05. The summed E-state index contributed by atoms with van der Waals surface area (Å²) in [5, 5.41) is 21.4. The van der Waals surface area contributed by atoms with E-state index in [1.165, 1.54) is 0 Å². The van der Waals surface area contributed by atoms with Crippen molar-refractivity contribution in [3.63, 3.8) is 0 Å². The molecule has 206 valence electrons. The topological polar surface area (TPSA) is 182 Å². The van der Waals surface area contributed by atoms with Gasteiger partial charge >= 0.3 is 11.9 Å². The maximum atomic E-state index is 12.9. The molecular weight excluding hydrogens is 510 g/mol. The zero-order valence-electron chi connectivity index (χ0n) is 21.3. The third kappa shape index (κ3) is 7.29. The quantitative estimate of drug-likeness (QED) is 0.336. The van der Waals surface area contributed by atoms with Crippen molar-refractivity contribution in [1.82, 2.24) is 20.3 Å². The molecule has 0 bridgehead atoms. The van der Waals surface area contributed by atoms with E-state index >= 15 is 0 Å². The molecule has 5 rings (SSSR count). The number of amides is 1. The van der Waals surface area contributed by atoms with E-state index in [0.717, 1.165) is 36.8 Å². The van der Waals surface area contributed by atoms with E-state index in [1.54, 1.807) is 25.4 Å². The first kappa shape index (κ1) is 27.5. The number of methoxy groups -OCH3 is 1. The number of nitrogens with zero attached hydrogens (tertiary/aromatic N) is 3. The maximum Gasteiger partial charge on any atom is 0.414 e. The van der Waals surface area contributed by atoms with Gasteiger partial charge in [0.25, 0.3) is 5.88 Å². The molecule has 3 aromatic heterocycles. The molecule has 3 aromatic rings. The van der Waals surface area contributed by atoms with Gasteiger partial charge in [-0.05, 0) is 49.4 Å². The highest BCUT2D eigenvalue weighted by Crippen LogP contribution is 2.30. The number of carboxylic acid groups (broad SMARTS) is 2. The van der Waals surface area contributed by atoms with Crippen LogP contribution in [0.5, 0.6) is 17.5 Å². The Hall–Kier alpha value is -4.52. The minimum atomic E-state index is -1.82. The zero-order chi connectivity index (χ0) is 27.8. The number of fused-ring (bicyclic) bond motifs is 2. The van der Waals surface area contributed by atoms with Gasteiger partial charge < -0.3 is 35.1 Å². The monoisotopic (exact) mass is 539 g/mol. The summed E-state index contributed by atoms with van der Waals surface area (Å²) >= 11 is 0. The lowest BCUT2D eigenvalue weighted by molar-refractivity contribution is -0.159. The van der Waals surface area contributed by atoms with Gasteiger partial charge in [0.1, 0.15) is 18.7 Å². The van der Waals surface area contributed by atoms with Crippen LogP contribution in [0.15, 0.2) is 36.7 Å². The van der Waals surface area contributed by atoms with Crippen molar-refractivity contribution in [2.45, 2.75) is 38.3 Å². The number of hydrogen-bond acceptors (Lipinski definition) is 10. The molecule has 1 amide bonds. The van der Waals surface area contributed by atoms with Crippen LogP contribution in [-0.4, -0.2) is 69.4 Å². The summed E-state index contributed by atoms with van der Waals surface area (Å²) in [4.78, 5) is 44.2. The minimum Gasteiger partial charge on any atom is -0.484 e. The van der Waals surface area contributed by atoms with E-state index in [0.29, 0.717) is 54.5 Å². The van der Waals surface area contributed by atoms with Crippen LogP contribution in [0, 0.1) is 5.92 Å². The Balaban J connectivity index is 0.000000531. The lowest BCUT2D eigenvalue weighted by Gasteiger charge is -2.28. The van der Waals surface area contributed by atoms with Gasteiger partial charge in [0.15, 0.2) is 5.75 Å². The van der Waals surface area contributed by atoms with E-state index < -0.39 is 11.9 Å². The summed E-state index contributed by atoms with van der Waals surface area (Å²) in [6.45, 7) is 1.80. The molecule has 13 nitrogen and oxygen atoms in total. The van der Waals surface area contributed by atoms with Crippen molar-refractivity contribution in [3.05, 3.63) is 42.2 Å². The molecule has 2 aliphatic rings. The number of rotatable bonds is 6. The first-order valence-corrected chi connectivity index (χ1v) is 12.4. The predicted molar refractivity (Wildman–Crippen MR) is 138 cm³/mol. The molecule has 1 aliphatic heterocycles. The van der Waals surface area contributed by atoms with E-state index in [-0.39, 0.29) is 11.8 Å². The molecule has 0 aromatic carbocycles. The molecule has 1 aliphatic carbocycles. The van der Waals surface area contributed by atoms with Gasteiger partial charge in [-0.1, -0.05) is 0 Å². The summed E-state index contributed by atoms with van der Waals surface area (Å²) in [6.07, 6.45) is 7.06. The lowest BCUT2D eigenvalue weighted by atomic mass is 9.85. The molecule has 1 fully saturated rings. The van der Waals surface area contributed by atoms with Crippen molar-refractivity contribution in [3.8, 4) is 17.5 Å². The van der Waals surface area contributed by atoms with Crippen molar-refractivity contribution in [1.29, 1.82) is 0 Å². The molecule has 1 saturated carbocycles. The van der Waals surface area contributed by atoms with E-state index in [1.807, 2.05) is 18.3 Å². The summed E-state index contributed by atoms with van der Waals surface area (Å²) in [5.41, 5.74) is 3.07. The Morgan fingerprint density at radius 2 is 1.77 bits per heavy atom. The summed E-state index contributed by atoms with van der Waals surface area (Å²) in [7, 11) is 1.57. The second-order valence-corrected chi connectivity index (χ2v) is 8.95. The summed E-state index contributed by atoms with van der Waals surface area (Å²) in [6, 6.07) is 7.73. The third-order valence-electron chi connectivity index (χ3n) is 6.36. The van der Waals surface area contributed by atoms with Crippen molar-refractivity contribution >= 4 is 34.6 Å². The van der Waals surface area contributed by atoms with Crippen LogP contribution in [0.1, 0.15) is 31.2 Å². The Bertz CT molecular complexity index is 1330. The van der Waals surface area contributed by atoms with Crippen LogP contribution in [0.2, 0.25) is 0 Å². The number of ether oxygens (including phenoxy) is 3. The zero-order valence-corrected chi connectivity index (χ0v) is 21.3. The van der Waals surface area contributed by atoms with Gasteiger partial charge in [0, 0.05) is 37.0 Å². The molecule has 13 heteroatoms. The van der Waals surface area contributed by atoms with Gasteiger partial charge in [-0.25, -0.2) is 19.6 Å². The van der Waals surface area contributed by atoms with Crippen LogP contribution in [0.4, 0.5) is 5.69 Å². The SMILES string of the molecule is COc1ccc2nccc(NC(=O)C3CCC(NCc4cnc5c(c4)OCCO5)CC3)c2n1.O=C(O)C(=O)O. The van der Waals surface area contributed by atoms with Crippen LogP contribution in [-0.2, 0) is 20.9 Å². The Morgan fingerprint density at radius 1 is 1.03 bits per heavy atom. The fraction of sp³-hybridized carbons (Fsp3) is 0.385. The van der Waals surface area contributed by atoms with Crippen LogP contribution >= 0.6 is 0 Å². The van der Waals surface area contributed by atoms with Crippen molar-refractivity contribution in [2.24, 2.45) is 5.92 Å². The van der Waals surface area contributed by atoms with E-state index in [4.69, 9.17) is 34.0 Å². The fourth-order valence-electron chi connectivity index (χ4n) is 4.35. The number of carboxylic acids is 2. The van der Waals surface area contributed by atoms with Crippen LogP contribution in [0.3, 0.4) is 0 Å². The van der Waals surface area contributed by atoms with Crippen LogP contribution < -0.4 is 24.8 Å². The number of hydrogen-bond donors (Lipinski definition) is 4. The summed E-state index contributed by atoms with van der Waals surface area (Å²) < 4.78 is 16.3. The number of carbonyl (C=O) groups excluding carboxylic acids is 1. The standard InChI is InChI=1S/C24H27N5O4.C2H2O4/c1-31-21-7-6-18-22(29-21)19(8-9-25-18)28-23(30)16-2-4-17(5-3-16)26-13-15-12-20-24(27-14-15)33-11-10-32-20;3-1(4)2(5)6/h6-9,12,14,16-17,26H,2-5,10-11,13H2,1H3,(H,25,28,30);(H,3,4)(H,5,6). The molecule has 0 atom stereocenters. The average Bonchev–Trinajstić information content (AvgIpc) is 2.96. The van der Waals surface area contributed by atoms with E-state index in [9.17, 15) is 4.79 Å². The smallest absolute Gasteiger partial charge is 0.414 e.